The Bertz CT molecular complexity index is 1000. The molecule has 0 radical (unpaired) electrons. The highest BCUT2D eigenvalue weighted by atomic mass is 32.2. The highest BCUT2D eigenvalue weighted by molar-refractivity contribution is 7.89. The molecule has 1 amide bonds. The molecule has 1 atom stereocenters. The Morgan fingerprint density at radius 1 is 1.07 bits per heavy atom. The molecule has 0 bridgehead atoms. The molecule has 9 nitrogen and oxygen atoms in total. The van der Waals surface area contributed by atoms with E-state index in [1.807, 2.05) is 0 Å². The summed E-state index contributed by atoms with van der Waals surface area (Å²) in [6.45, 7) is 2.60. The first-order chi connectivity index (χ1) is 14.3. The Balaban J connectivity index is 1.60. The molecule has 1 aliphatic rings. The van der Waals surface area contributed by atoms with Crippen LogP contribution in [0.4, 0.5) is 11.4 Å². The van der Waals surface area contributed by atoms with Gasteiger partial charge in [0.25, 0.3) is 11.6 Å². The highest BCUT2D eigenvalue weighted by Crippen LogP contribution is 2.22. The molecule has 2 aromatic carbocycles. The van der Waals surface area contributed by atoms with Gasteiger partial charge in [-0.05, 0) is 56.2 Å². The van der Waals surface area contributed by atoms with Crippen LogP contribution in [-0.4, -0.2) is 42.7 Å². The van der Waals surface area contributed by atoms with Crippen LogP contribution in [0, 0.1) is 10.1 Å². The number of carbonyl (C=O) groups excluding carboxylic acids is 1. The van der Waals surface area contributed by atoms with Gasteiger partial charge in [-0.2, -0.15) is 4.31 Å². The fourth-order valence-electron chi connectivity index (χ4n) is 3.11. The summed E-state index contributed by atoms with van der Waals surface area (Å²) in [5.41, 5.74) is 0.371. The minimum absolute atomic E-state index is 0.0703. The standard InChI is InChI=1S/C20H23N3O6S/c1-15(29-18-9-7-17(8-10-18)23(25)26)20(24)21-16-5-11-19(12-6-16)30(27,28)22-13-3-2-4-14-22/h5-12,15H,2-4,13-14H2,1H3,(H,21,24). The number of piperidine rings is 1. The van der Waals surface area contributed by atoms with Crippen LogP contribution in [0.15, 0.2) is 53.4 Å². The zero-order valence-electron chi connectivity index (χ0n) is 16.5. The minimum atomic E-state index is -3.53. The van der Waals surface area contributed by atoms with Crippen LogP contribution in [0.2, 0.25) is 0 Å². The summed E-state index contributed by atoms with van der Waals surface area (Å²) >= 11 is 0. The monoisotopic (exact) mass is 433 g/mol. The van der Waals surface area contributed by atoms with E-state index in [0.717, 1.165) is 19.3 Å². The molecule has 10 heteroatoms. The van der Waals surface area contributed by atoms with Gasteiger partial charge in [-0.1, -0.05) is 6.42 Å². The average Bonchev–Trinajstić information content (AvgIpc) is 2.75. The van der Waals surface area contributed by atoms with Crippen molar-refractivity contribution in [2.45, 2.75) is 37.2 Å². The molecule has 1 heterocycles. The number of nitrogens with one attached hydrogen (secondary N) is 1. The van der Waals surface area contributed by atoms with Gasteiger partial charge in [-0.15, -0.1) is 0 Å². The molecule has 0 saturated carbocycles. The van der Waals surface area contributed by atoms with E-state index < -0.39 is 27.0 Å². The summed E-state index contributed by atoms with van der Waals surface area (Å²) in [4.78, 5) is 22.7. The van der Waals surface area contributed by atoms with Gasteiger partial charge in [0.05, 0.1) is 9.82 Å². The van der Waals surface area contributed by atoms with Crippen LogP contribution in [0.1, 0.15) is 26.2 Å². The quantitative estimate of drug-likeness (QED) is 0.529. The second-order valence-electron chi connectivity index (χ2n) is 6.99. The Hall–Kier alpha value is -2.98. The van der Waals surface area contributed by atoms with Crippen molar-refractivity contribution in [3.05, 3.63) is 58.6 Å². The van der Waals surface area contributed by atoms with Crippen LogP contribution >= 0.6 is 0 Å². The molecule has 3 rings (SSSR count). The summed E-state index contributed by atoms with van der Waals surface area (Å²) in [5, 5.41) is 13.4. The van der Waals surface area contributed by atoms with Crippen molar-refractivity contribution < 1.29 is 22.9 Å². The lowest BCUT2D eigenvalue weighted by Crippen LogP contribution is -2.35. The van der Waals surface area contributed by atoms with Crippen molar-refractivity contribution in [2.24, 2.45) is 0 Å². The second-order valence-corrected chi connectivity index (χ2v) is 8.93. The average molecular weight is 433 g/mol. The van der Waals surface area contributed by atoms with E-state index in [1.54, 1.807) is 6.92 Å². The number of hydrogen-bond acceptors (Lipinski definition) is 6. The molecule has 1 N–H and O–H groups in total. The van der Waals surface area contributed by atoms with Gasteiger partial charge in [0.2, 0.25) is 10.0 Å². The summed E-state index contributed by atoms with van der Waals surface area (Å²) in [6, 6.07) is 11.4. The first-order valence-corrected chi connectivity index (χ1v) is 11.0. The third kappa shape index (κ3) is 5.14. The fourth-order valence-corrected chi connectivity index (χ4v) is 4.63. The van der Waals surface area contributed by atoms with Crippen molar-refractivity contribution in [3.63, 3.8) is 0 Å². The number of sulfonamides is 1. The van der Waals surface area contributed by atoms with Crippen LogP contribution in [-0.2, 0) is 14.8 Å². The highest BCUT2D eigenvalue weighted by Gasteiger charge is 2.26. The van der Waals surface area contributed by atoms with Crippen molar-refractivity contribution in [3.8, 4) is 5.75 Å². The minimum Gasteiger partial charge on any atom is -0.481 e. The number of anilines is 1. The SMILES string of the molecule is CC(Oc1ccc([N+](=O)[O-])cc1)C(=O)Nc1ccc(S(=O)(=O)N2CCCCC2)cc1. The normalized spacial score (nSPS) is 15.9. The molecule has 0 spiro atoms. The molecule has 1 fully saturated rings. The largest absolute Gasteiger partial charge is 0.481 e. The summed E-state index contributed by atoms with van der Waals surface area (Å²) in [5.74, 6) is -0.105. The number of benzene rings is 2. The van der Waals surface area contributed by atoms with Crippen molar-refractivity contribution in [1.82, 2.24) is 4.31 Å². The van der Waals surface area contributed by atoms with E-state index in [0.29, 0.717) is 24.5 Å². The number of rotatable bonds is 7. The molecule has 1 aliphatic heterocycles. The molecule has 2 aromatic rings. The summed E-state index contributed by atoms with van der Waals surface area (Å²) in [7, 11) is -3.53. The number of nitro benzene ring substituents is 1. The first-order valence-electron chi connectivity index (χ1n) is 9.59. The lowest BCUT2D eigenvalue weighted by atomic mass is 10.2. The topological polar surface area (TPSA) is 119 Å². The van der Waals surface area contributed by atoms with Crippen LogP contribution in [0.3, 0.4) is 0 Å². The molecular formula is C20H23N3O6S. The van der Waals surface area contributed by atoms with E-state index >= 15 is 0 Å². The van der Waals surface area contributed by atoms with E-state index in [-0.39, 0.29) is 10.6 Å². The zero-order valence-corrected chi connectivity index (χ0v) is 17.3. The van der Waals surface area contributed by atoms with Crippen molar-refractivity contribution >= 4 is 27.3 Å². The Morgan fingerprint density at radius 3 is 2.23 bits per heavy atom. The number of nitro groups is 1. The summed E-state index contributed by atoms with van der Waals surface area (Å²) < 4.78 is 32.3. The van der Waals surface area contributed by atoms with Gasteiger partial charge in [0.15, 0.2) is 6.10 Å². The Morgan fingerprint density at radius 2 is 1.67 bits per heavy atom. The third-order valence-corrected chi connectivity index (χ3v) is 6.72. The van der Waals surface area contributed by atoms with E-state index in [2.05, 4.69) is 5.32 Å². The summed E-state index contributed by atoms with van der Waals surface area (Å²) in [6.07, 6.45) is 1.90. The smallest absolute Gasteiger partial charge is 0.269 e. The second kappa shape index (κ2) is 9.23. The van der Waals surface area contributed by atoms with Gasteiger partial charge in [-0.3, -0.25) is 14.9 Å². The van der Waals surface area contributed by atoms with Crippen LogP contribution in [0.25, 0.3) is 0 Å². The van der Waals surface area contributed by atoms with Crippen molar-refractivity contribution in [1.29, 1.82) is 0 Å². The Kier molecular flexibility index (Phi) is 6.68. The molecule has 1 unspecified atom stereocenters. The molecule has 0 aliphatic carbocycles. The van der Waals surface area contributed by atoms with Crippen LogP contribution in [0.5, 0.6) is 5.75 Å². The van der Waals surface area contributed by atoms with E-state index in [4.69, 9.17) is 4.74 Å². The van der Waals surface area contributed by atoms with Gasteiger partial charge in [-0.25, -0.2) is 8.42 Å². The lowest BCUT2D eigenvalue weighted by Gasteiger charge is -2.25. The van der Waals surface area contributed by atoms with Crippen LogP contribution < -0.4 is 10.1 Å². The predicted molar refractivity (Wildman–Crippen MR) is 111 cm³/mol. The first kappa shape index (κ1) is 21.7. The molecule has 160 valence electrons. The molecule has 1 saturated heterocycles. The fraction of sp³-hybridized carbons (Fsp3) is 0.350. The number of ether oxygens (including phenoxy) is 1. The maximum atomic E-state index is 12.7. The Labute approximate surface area is 174 Å². The van der Waals surface area contributed by atoms with Gasteiger partial charge in [0, 0.05) is 30.9 Å². The molecular weight excluding hydrogens is 410 g/mol. The zero-order chi connectivity index (χ0) is 21.7. The van der Waals surface area contributed by atoms with Gasteiger partial charge >= 0.3 is 0 Å². The number of nitrogens with zero attached hydrogens (tertiary/aromatic N) is 2. The number of amides is 1. The molecule has 30 heavy (non-hydrogen) atoms. The predicted octanol–water partition coefficient (Wildman–Crippen LogP) is 3.18. The van der Waals surface area contributed by atoms with Crippen molar-refractivity contribution in [2.75, 3.05) is 18.4 Å². The third-order valence-electron chi connectivity index (χ3n) is 4.80. The van der Waals surface area contributed by atoms with E-state index in [9.17, 15) is 23.3 Å². The molecule has 0 aromatic heterocycles. The maximum Gasteiger partial charge on any atom is 0.269 e. The van der Waals surface area contributed by atoms with Gasteiger partial charge in [0.1, 0.15) is 5.75 Å². The maximum absolute atomic E-state index is 12.7. The van der Waals surface area contributed by atoms with E-state index in [1.165, 1.54) is 52.8 Å². The van der Waals surface area contributed by atoms with Gasteiger partial charge < -0.3 is 10.1 Å². The number of carbonyl (C=O) groups is 1. The lowest BCUT2D eigenvalue weighted by molar-refractivity contribution is -0.384. The number of hydrogen-bond donors (Lipinski definition) is 1. The number of non-ortho nitro benzene ring substituents is 1.